The lowest BCUT2D eigenvalue weighted by atomic mass is 10.2. The van der Waals surface area contributed by atoms with Crippen LogP contribution in [0.3, 0.4) is 0 Å². The van der Waals surface area contributed by atoms with Crippen molar-refractivity contribution in [2.75, 3.05) is 5.32 Å². The monoisotopic (exact) mass is 274 g/mol. The van der Waals surface area contributed by atoms with Crippen molar-refractivity contribution in [3.63, 3.8) is 0 Å². The highest BCUT2D eigenvalue weighted by atomic mass is 15.3. The summed E-state index contributed by atoms with van der Waals surface area (Å²) in [6, 6.07) is 19.7. The van der Waals surface area contributed by atoms with Gasteiger partial charge in [0.1, 0.15) is 0 Å². The maximum Gasteiger partial charge on any atom is 0.0992 e. The summed E-state index contributed by atoms with van der Waals surface area (Å²) in [5, 5.41) is 16.5. The fraction of sp³-hybridized carbons (Fsp3) is 0.0588. The largest absolute Gasteiger partial charge is 0.353 e. The van der Waals surface area contributed by atoms with Crippen LogP contribution >= 0.6 is 0 Å². The highest BCUT2D eigenvalue weighted by molar-refractivity contribution is 5.59. The van der Waals surface area contributed by atoms with Crippen LogP contribution in [0.2, 0.25) is 0 Å². The van der Waals surface area contributed by atoms with E-state index >= 15 is 0 Å². The molecule has 0 aliphatic carbocycles. The van der Waals surface area contributed by atoms with Crippen LogP contribution in [-0.2, 0) is 6.54 Å². The van der Waals surface area contributed by atoms with Crippen molar-refractivity contribution in [1.82, 2.24) is 9.78 Å². The summed E-state index contributed by atoms with van der Waals surface area (Å²) < 4.78 is 1.88. The molecular formula is C17H14N4. The molecule has 0 atom stereocenters. The number of benzene rings is 2. The van der Waals surface area contributed by atoms with E-state index in [0.29, 0.717) is 5.56 Å². The molecule has 102 valence electrons. The van der Waals surface area contributed by atoms with Gasteiger partial charge >= 0.3 is 0 Å². The fourth-order valence-corrected chi connectivity index (χ4v) is 2.12. The Morgan fingerprint density at radius 1 is 1.05 bits per heavy atom. The van der Waals surface area contributed by atoms with E-state index in [-0.39, 0.29) is 0 Å². The average molecular weight is 274 g/mol. The molecule has 0 spiro atoms. The molecule has 0 fully saturated rings. The van der Waals surface area contributed by atoms with Gasteiger partial charge in [-0.15, -0.1) is 0 Å². The molecule has 21 heavy (non-hydrogen) atoms. The maximum atomic E-state index is 8.90. The molecule has 0 bridgehead atoms. The molecule has 1 N–H and O–H groups in total. The van der Waals surface area contributed by atoms with Gasteiger partial charge in [-0.05, 0) is 23.8 Å². The zero-order valence-electron chi connectivity index (χ0n) is 11.4. The van der Waals surface area contributed by atoms with E-state index in [9.17, 15) is 0 Å². The molecule has 0 saturated carbocycles. The predicted octanol–water partition coefficient (Wildman–Crippen LogP) is 3.55. The maximum absolute atomic E-state index is 8.90. The highest BCUT2D eigenvalue weighted by Gasteiger charge is 2.01. The summed E-state index contributed by atoms with van der Waals surface area (Å²) in [6.07, 6.45) is 3.73. The van der Waals surface area contributed by atoms with Crippen molar-refractivity contribution >= 4 is 11.4 Å². The number of anilines is 2. The number of nitriles is 1. The van der Waals surface area contributed by atoms with E-state index in [1.165, 1.54) is 5.56 Å². The van der Waals surface area contributed by atoms with Crippen LogP contribution in [0.25, 0.3) is 0 Å². The number of rotatable bonds is 4. The fourth-order valence-electron chi connectivity index (χ4n) is 2.12. The molecule has 3 aromatic rings. The van der Waals surface area contributed by atoms with Crippen molar-refractivity contribution in [3.8, 4) is 6.07 Å². The van der Waals surface area contributed by atoms with E-state index in [0.717, 1.165) is 17.9 Å². The molecule has 0 unspecified atom stereocenters. The Balaban J connectivity index is 1.72. The Labute approximate surface area is 123 Å². The summed E-state index contributed by atoms with van der Waals surface area (Å²) in [6.45, 7) is 0.737. The van der Waals surface area contributed by atoms with Crippen LogP contribution in [0.15, 0.2) is 67.0 Å². The van der Waals surface area contributed by atoms with Gasteiger partial charge in [0, 0.05) is 11.9 Å². The smallest absolute Gasteiger partial charge is 0.0992 e. The number of hydrogen-bond donors (Lipinski definition) is 1. The van der Waals surface area contributed by atoms with Crippen LogP contribution in [-0.4, -0.2) is 9.78 Å². The molecule has 0 aliphatic heterocycles. The minimum Gasteiger partial charge on any atom is -0.353 e. The van der Waals surface area contributed by atoms with Gasteiger partial charge < -0.3 is 5.32 Å². The van der Waals surface area contributed by atoms with Crippen molar-refractivity contribution in [3.05, 3.63) is 78.1 Å². The summed E-state index contributed by atoms with van der Waals surface area (Å²) in [5.74, 6) is 0. The second kappa shape index (κ2) is 5.93. The summed E-state index contributed by atoms with van der Waals surface area (Å²) in [4.78, 5) is 0. The normalized spacial score (nSPS) is 10.0. The van der Waals surface area contributed by atoms with E-state index < -0.39 is 0 Å². The van der Waals surface area contributed by atoms with Crippen molar-refractivity contribution < 1.29 is 0 Å². The first-order chi connectivity index (χ1) is 10.3. The van der Waals surface area contributed by atoms with Gasteiger partial charge in [0.25, 0.3) is 0 Å². The molecule has 2 aromatic carbocycles. The Morgan fingerprint density at radius 2 is 1.90 bits per heavy atom. The van der Waals surface area contributed by atoms with Gasteiger partial charge in [0.05, 0.1) is 30.1 Å². The first-order valence-electron chi connectivity index (χ1n) is 6.67. The lowest BCUT2D eigenvalue weighted by Crippen LogP contribution is -1.99. The van der Waals surface area contributed by atoms with Crippen LogP contribution < -0.4 is 5.32 Å². The average Bonchev–Trinajstić information content (AvgIpc) is 2.95. The van der Waals surface area contributed by atoms with E-state index in [2.05, 4.69) is 28.6 Å². The topological polar surface area (TPSA) is 53.6 Å². The molecule has 4 heteroatoms. The van der Waals surface area contributed by atoms with Crippen molar-refractivity contribution in [2.24, 2.45) is 0 Å². The molecule has 1 aromatic heterocycles. The third-order valence-electron chi connectivity index (χ3n) is 3.10. The minimum atomic E-state index is 0.636. The Kier molecular flexibility index (Phi) is 3.66. The second-order valence-electron chi connectivity index (χ2n) is 4.73. The zero-order chi connectivity index (χ0) is 14.5. The number of aromatic nitrogens is 2. The van der Waals surface area contributed by atoms with Crippen LogP contribution in [0.5, 0.6) is 0 Å². The molecule has 1 heterocycles. The quantitative estimate of drug-likeness (QED) is 0.791. The van der Waals surface area contributed by atoms with E-state index in [1.54, 1.807) is 12.3 Å². The molecule has 0 aliphatic rings. The predicted molar refractivity (Wildman–Crippen MR) is 82.2 cm³/mol. The van der Waals surface area contributed by atoms with Gasteiger partial charge in [-0.2, -0.15) is 10.4 Å². The van der Waals surface area contributed by atoms with Gasteiger partial charge in [-0.25, -0.2) is 0 Å². The summed E-state index contributed by atoms with van der Waals surface area (Å²) in [7, 11) is 0. The Bertz CT molecular complexity index is 769. The first kappa shape index (κ1) is 12.9. The van der Waals surface area contributed by atoms with Gasteiger partial charge in [-0.3, -0.25) is 4.68 Å². The van der Waals surface area contributed by atoms with E-state index in [4.69, 9.17) is 5.26 Å². The molecular weight excluding hydrogens is 260 g/mol. The number of nitrogens with one attached hydrogen (secondary N) is 1. The van der Waals surface area contributed by atoms with Crippen LogP contribution in [0, 0.1) is 11.3 Å². The molecule has 0 saturated heterocycles. The van der Waals surface area contributed by atoms with Crippen molar-refractivity contribution in [2.45, 2.75) is 6.54 Å². The van der Waals surface area contributed by atoms with Gasteiger partial charge in [0.2, 0.25) is 0 Å². The summed E-state index contributed by atoms with van der Waals surface area (Å²) in [5.41, 5.74) is 3.63. The van der Waals surface area contributed by atoms with Gasteiger partial charge in [-0.1, -0.05) is 36.4 Å². The molecule has 4 nitrogen and oxygen atoms in total. The van der Waals surface area contributed by atoms with Crippen LogP contribution in [0.1, 0.15) is 11.1 Å². The highest BCUT2D eigenvalue weighted by Crippen LogP contribution is 2.17. The van der Waals surface area contributed by atoms with E-state index in [1.807, 2.05) is 47.3 Å². The molecule has 3 rings (SSSR count). The lowest BCUT2D eigenvalue weighted by molar-refractivity contribution is 0.687. The molecule has 0 radical (unpaired) electrons. The summed E-state index contributed by atoms with van der Waals surface area (Å²) >= 11 is 0. The first-order valence-corrected chi connectivity index (χ1v) is 6.67. The number of nitrogens with zero attached hydrogens (tertiary/aromatic N) is 3. The minimum absolute atomic E-state index is 0.636. The van der Waals surface area contributed by atoms with Crippen molar-refractivity contribution in [1.29, 1.82) is 5.26 Å². The third kappa shape index (κ3) is 3.28. The Hall–Kier alpha value is -3.06. The number of hydrogen-bond acceptors (Lipinski definition) is 3. The third-order valence-corrected chi connectivity index (χ3v) is 3.10. The second-order valence-corrected chi connectivity index (χ2v) is 4.73. The standard InChI is InChI=1S/C17H14N4/c18-10-15-7-4-8-16(9-15)20-17-11-19-21(13-17)12-14-5-2-1-3-6-14/h1-9,11,13,20H,12H2. The SMILES string of the molecule is N#Cc1cccc(Nc2cnn(Cc3ccccc3)c2)c1. The zero-order valence-corrected chi connectivity index (χ0v) is 11.4. The van der Waals surface area contributed by atoms with Gasteiger partial charge in [0.15, 0.2) is 0 Å². The Morgan fingerprint density at radius 3 is 2.71 bits per heavy atom. The lowest BCUT2D eigenvalue weighted by Gasteiger charge is -2.03. The van der Waals surface area contributed by atoms with Crippen LogP contribution in [0.4, 0.5) is 11.4 Å². The molecule has 0 amide bonds.